The number of halogens is 1. The van der Waals surface area contributed by atoms with E-state index in [-0.39, 0.29) is 4.90 Å². The van der Waals surface area contributed by atoms with Crippen molar-refractivity contribution < 1.29 is 8.42 Å². The van der Waals surface area contributed by atoms with Gasteiger partial charge in [-0.05, 0) is 36.4 Å². The highest BCUT2D eigenvalue weighted by molar-refractivity contribution is 7.89. The predicted molar refractivity (Wildman–Crippen MR) is 83.8 cm³/mol. The van der Waals surface area contributed by atoms with E-state index in [0.717, 1.165) is 5.69 Å². The molecule has 0 aliphatic rings. The molecule has 21 heavy (non-hydrogen) atoms. The molecule has 0 spiro atoms. The topological polar surface area (TPSA) is 50.3 Å². The summed E-state index contributed by atoms with van der Waals surface area (Å²) in [6.07, 6.45) is 2.29. The zero-order chi connectivity index (χ0) is 15.3. The minimum absolute atomic E-state index is 0.259. The molecule has 0 aliphatic heterocycles. The van der Waals surface area contributed by atoms with Gasteiger partial charge in [-0.3, -0.25) is 4.98 Å². The summed E-state index contributed by atoms with van der Waals surface area (Å²) in [5.41, 5.74) is 0.877. The quantitative estimate of drug-likeness (QED) is 0.820. The van der Waals surface area contributed by atoms with Crippen molar-refractivity contribution in [1.82, 2.24) is 9.29 Å². The summed E-state index contributed by atoms with van der Waals surface area (Å²) in [7, 11) is -3.49. The van der Waals surface area contributed by atoms with Crippen molar-refractivity contribution in [2.75, 3.05) is 13.1 Å². The summed E-state index contributed by atoms with van der Waals surface area (Å²) < 4.78 is 26.6. The Labute approximate surface area is 130 Å². The monoisotopic (exact) mass is 324 g/mol. The molecule has 112 valence electrons. The largest absolute Gasteiger partial charge is 0.261 e. The highest BCUT2D eigenvalue weighted by Gasteiger charge is 2.22. The van der Waals surface area contributed by atoms with Gasteiger partial charge >= 0.3 is 0 Å². The van der Waals surface area contributed by atoms with Crippen LogP contribution in [-0.4, -0.2) is 30.8 Å². The van der Waals surface area contributed by atoms with Crippen LogP contribution >= 0.6 is 11.6 Å². The molecule has 1 aromatic carbocycles. The first kappa shape index (κ1) is 15.9. The summed E-state index contributed by atoms with van der Waals surface area (Å²) in [4.78, 5) is 4.47. The van der Waals surface area contributed by atoms with E-state index in [1.807, 2.05) is 25.1 Å². The molecule has 2 aromatic rings. The number of hydrogen-bond acceptors (Lipinski definition) is 3. The van der Waals surface area contributed by atoms with E-state index in [2.05, 4.69) is 4.98 Å². The van der Waals surface area contributed by atoms with Gasteiger partial charge in [-0.15, -0.1) is 0 Å². The molecule has 1 heterocycles. The van der Waals surface area contributed by atoms with Crippen LogP contribution in [0.15, 0.2) is 53.6 Å². The third-order valence-corrected chi connectivity index (χ3v) is 5.39. The van der Waals surface area contributed by atoms with E-state index in [0.29, 0.717) is 24.5 Å². The lowest BCUT2D eigenvalue weighted by Gasteiger charge is -2.20. The van der Waals surface area contributed by atoms with Crippen LogP contribution in [0.25, 0.3) is 0 Å². The molecule has 0 bridgehead atoms. The Morgan fingerprint density at radius 2 is 1.86 bits per heavy atom. The van der Waals surface area contributed by atoms with Gasteiger partial charge in [-0.1, -0.05) is 24.6 Å². The molecule has 0 radical (unpaired) electrons. The molecule has 6 heteroatoms. The molecule has 0 unspecified atom stereocenters. The lowest BCUT2D eigenvalue weighted by Crippen LogP contribution is -2.32. The Morgan fingerprint density at radius 3 is 2.43 bits per heavy atom. The van der Waals surface area contributed by atoms with E-state index in [1.54, 1.807) is 18.3 Å². The van der Waals surface area contributed by atoms with Gasteiger partial charge in [0.25, 0.3) is 0 Å². The smallest absolute Gasteiger partial charge is 0.243 e. The molecular formula is C15H17ClN2O2S. The van der Waals surface area contributed by atoms with Crippen LogP contribution in [0.4, 0.5) is 0 Å². The van der Waals surface area contributed by atoms with E-state index in [4.69, 9.17) is 11.6 Å². The molecule has 0 atom stereocenters. The molecule has 0 amide bonds. The Bertz CT molecular complexity index is 673. The van der Waals surface area contributed by atoms with Crippen molar-refractivity contribution in [3.8, 4) is 0 Å². The van der Waals surface area contributed by atoms with Gasteiger partial charge in [-0.2, -0.15) is 4.31 Å². The van der Waals surface area contributed by atoms with Crippen molar-refractivity contribution in [1.29, 1.82) is 0 Å². The fourth-order valence-electron chi connectivity index (χ4n) is 1.99. The summed E-state index contributed by atoms with van der Waals surface area (Å²) in [5, 5.41) is 0.519. The lowest BCUT2D eigenvalue weighted by molar-refractivity contribution is 0.429. The summed E-state index contributed by atoms with van der Waals surface area (Å²) in [5.74, 6) is 0. The number of rotatable bonds is 6. The Kier molecular flexibility index (Phi) is 5.33. The first-order chi connectivity index (χ1) is 10.0. The van der Waals surface area contributed by atoms with Crippen molar-refractivity contribution in [3.05, 3.63) is 59.4 Å². The second-order valence-corrected chi connectivity index (χ2v) is 6.90. The number of likely N-dealkylation sites (N-methyl/N-ethyl adjacent to an activating group) is 1. The second-order valence-electron chi connectivity index (χ2n) is 4.52. The standard InChI is InChI=1S/C15H17ClN2O2S/c1-2-18(12-10-14-5-3-4-11-17-14)21(19,20)15-8-6-13(16)7-9-15/h3-9,11H,2,10,12H2,1H3. The molecule has 0 N–H and O–H groups in total. The van der Waals surface area contributed by atoms with Gasteiger partial charge < -0.3 is 0 Å². The molecule has 0 aliphatic carbocycles. The predicted octanol–water partition coefficient (Wildman–Crippen LogP) is 2.99. The van der Waals surface area contributed by atoms with E-state index >= 15 is 0 Å². The number of hydrogen-bond donors (Lipinski definition) is 0. The normalized spacial score (nSPS) is 11.8. The number of sulfonamides is 1. The van der Waals surface area contributed by atoms with Crippen molar-refractivity contribution in [3.63, 3.8) is 0 Å². The molecule has 0 fully saturated rings. The average Bonchev–Trinajstić information content (AvgIpc) is 2.49. The number of pyridine rings is 1. The van der Waals surface area contributed by atoms with Gasteiger partial charge in [0.1, 0.15) is 0 Å². The Balaban J connectivity index is 2.14. The maximum Gasteiger partial charge on any atom is 0.243 e. The van der Waals surface area contributed by atoms with Gasteiger partial charge in [0.15, 0.2) is 0 Å². The first-order valence-electron chi connectivity index (χ1n) is 6.69. The molecule has 0 saturated carbocycles. The van der Waals surface area contributed by atoms with E-state index in [1.165, 1.54) is 16.4 Å². The third-order valence-electron chi connectivity index (χ3n) is 3.15. The molecule has 1 aromatic heterocycles. The van der Waals surface area contributed by atoms with Crippen LogP contribution in [0.3, 0.4) is 0 Å². The van der Waals surface area contributed by atoms with Crippen LogP contribution < -0.4 is 0 Å². The minimum Gasteiger partial charge on any atom is -0.261 e. The van der Waals surface area contributed by atoms with Gasteiger partial charge in [0.2, 0.25) is 10.0 Å². The molecule has 2 rings (SSSR count). The lowest BCUT2D eigenvalue weighted by atomic mass is 10.3. The van der Waals surface area contributed by atoms with E-state index in [9.17, 15) is 8.42 Å². The van der Waals surface area contributed by atoms with Crippen LogP contribution in [0.5, 0.6) is 0 Å². The summed E-state index contributed by atoms with van der Waals surface area (Å²) in [6.45, 7) is 2.64. The molecule has 4 nitrogen and oxygen atoms in total. The second kappa shape index (κ2) is 7.02. The zero-order valence-electron chi connectivity index (χ0n) is 11.7. The minimum atomic E-state index is -3.49. The highest BCUT2D eigenvalue weighted by Crippen LogP contribution is 2.18. The molecular weight excluding hydrogens is 308 g/mol. The third kappa shape index (κ3) is 4.03. The number of nitrogens with zero attached hydrogens (tertiary/aromatic N) is 2. The number of aromatic nitrogens is 1. The van der Waals surface area contributed by atoms with Gasteiger partial charge in [0.05, 0.1) is 4.90 Å². The van der Waals surface area contributed by atoms with Crippen LogP contribution in [0, 0.1) is 0 Å². The fraction of sp³-hybridized carbons (Fsp3) is 0.267. The summed E-state index contributed by atoms with van der Waals surface area (Å²) in [6, 6.07) is 11.9. The maximum atomic E-state index is 12.6. The van der Waals surface area contributed by atoms with Crippen LogP contribution in [-0.2, 0) is 16.4 Å². The SMILES string of the molecule is CCN(CCc1ccccn1)S(=O)(=O)c1ccc(Cl)cc1. The Morgan fingerprint density at radius 1 is 1.14 bits per heavy atom. The first-order valence-corrected chi connectivity index (χ1v) is 8.51. The van der Waals surface area contributed by atoms with Crippen molar-refractivity contribution in [2.45, 2.75) is 18.2 Å². The highest BCUT2D eigenvalue weighted by atomic mass is 35.5. The number of benzene rings is 1. The maximum absolute atomic E-state index is 12.6. The Hall–Kier alpha value is -1.43. The van der Waals surface area contributed by atoms with Crippen molar-refractivity contribution in [2.24, 2.45) is 0 Å². The fourth-order valence-corrected chi connectivity index (χ4v) is 3.56. The van der Waals surface area contributed by atoms with Crippen molar-refractivity contribution >= 4 is 21.6 Å². The average molecular weight is 325 g/mol. The van der Waals surface area contributed by atoms with Gasteiger partial charge in [-0.25, -0.2) is 8.42 Å². The molecule has 0 saturated heterocycles. The summed E-state index contributed by atoms with van der Waals surface area (Å²) >= 11 is 5.80. The van der Waals surface area contributed by atoms with Crippen LogP contribution in [0.2, 0.25) is 5.02 Å². The van der Waals surface area contributed by atoms with Crippen LogP contribution in [0.1, 0.15) is 12.6 Å². The zero-order valence-corrected chi connectivity index (χ0v) is 13.3. The van der Waals surface area contributed by atoms with E-state index < -0.39 is 10.0 Å². The van der Waals surface area contributed by atoms with Gasteiger partial charge in [0, 0.05) is 36.4 Å².